The van der Waals surface area contributed by atoms with Gasteiger partial charge >= 0.3 is 12.1 Å². The van der Waals surface area contributed by atoms with E-state index in [1.54, 1.807) is 0 Å². The highest BCUT2D eigenvalue weighted by Crippen LogP contribution is 2.46. The van der Waals surface area contributed by atoms with Gasteiger partial charge in [0.1, 0.15) is 0 Å². The van der Waals surface area contributed by atoms with E-state index in [-0.39, 0.29) is 4.34 Å². The molecule has 0 spiro atoms. The maximum Gasteiger partial charge on any atom is 0.456 e. The minimum Gasteiger partial charge on any atom is -0.381 e. The lowest BCUT2D eigenvalue weighted by molar-refractivity contribution is -0.314. The summed E-state index contributed by atoms with van der Waals surface area (Å²) in [6, 6.07) is 1.01. The molecule has 1 aromatic heterocycles. The first kappa shape index (κ1) is 13.7. The average molecular weight is 281 g/mol. The standard InChI is InChI=1S/C8H6ClF5OS/c1-3-2-4(16-6(3)9)5(15)7(10,11)8(12,13)14/h2,5,15H,1H3. The van der Waals surface area contributed by atoms with E-state index < -0.39 is 23.1 Å². The lowest BCUT2D eigenvalue weighted by Gasteiger charge is -2.23. The van der Waals surface area contributed by atoms with Gasteiger partial charge in [-0.1, -0.05) is 11.6 Å². The fraction of sp³-hybridized carbons (Fsp3) is 0.500. The topological polar surface area (TPSA) is 20.2 Å². The van der Waals surface area contributed by atoms with Crippen LogP contribution in [-0.4, -0.2) is 17.2 Å². The van der Waals surface area contributed by atoms with E-state index in [1.807, 2.05) is 0 Å². The van der Waals surface area contributed by atoms with Crippen LogP contribution in [0.15, 0.2) is 6.07 Å². The molecule has 0 saturated heterocycles. The maximum atomic E-state index is 12.7. The molecule has 0 aliphatic heterocycles. The molecule has 92 valence electrons. The van der Waals surface area contributed by atoms with Crippen molar-refractivity contribution in [3.8, 4) is 0 Å². The predicted octanol–water partition coefficient (Wildman–Crippen LogP) is 3.94. The molecular weight excluding hydrogens is 275 g/mol. The zero-order valence-corrected chi connectivity index (χ0v) is 9.35. The second kappa shape index (κ2) is 4.12. The van der Waals surface area contributed by atoms with Crippen molar-refractivity contribution in [2.75, 3.05) is 0 Å². The first-order valence-electron chi connectivity index (χ1n) is 3.96. The van der Waals surface area contributed by atoms with Crippen molar-refractivity contribution < 1.29 is 27.1 Å². The Bertz CT molecular complexity index is 367. The number of thiophene rings is 1. The van der Waals surface area contributed by atoms with Crippen molar-refractivity contribution in [1.82, 2.24) is 0 Å². The summed E-state index contributed by atoms with van der Waals surface area (Å²) in [6.07, 6.45) is -8.72. The van der Waals surface area contributed by atoms with E-state index in [4.69, 9.17) is 16.7 Å². The SMILES string of the molecule is Cc1cc(C(O)C(F)(F)C(F)(F)F)sc1Cl. The second-order valence-corrected chi connectivity index (χ2v) is 4.81. The van der Waals surface area contributed by atoms with Gasteiger partial charge in [0.25, 0.3) is 0 Å². The highest BCUT2D eigenvalue weighted by atomic mass is 35.5. The van der Waals surface area contributed by atoms with E-state index in [0.29, 0.717) is 16.9 Å². The van der Waals surface area contributed by atoms with Gasteiger partial charge < -0.3 is 5.11 Å². The molecule has 1 heterocycles. The molecule has 1 aromatic rings. The van der Waals surface area contributed by atoms with Crippen molar-refractivity contribution in [2.24, 2.45) is 0 Å². The van der Waals surface area contributed by atoms with E-state index in [9.17, 15) is 22.0 Å². The second-order valence-electron chi connectivity index (χ2n) is 3.13. The van der Waals surface area contributed by atoms with Crippen LogP contribution in [0.3, 0.4) is 0 Å². The fourth-order valence-electron chi connectivity index (χ4n) is 0.952. The molecule has 0 bridgehead atoms. The van der Waals surface area contributed by atoms with Gasteiger partial charge in [-0.2, -0.15) is 22.0 Å². The number of halogens is 6. The van der Waals surface area contributed by atoms with E-state index in [1.165, 1.54) is 6.92 Å². The maximum absolute atomic E-state index is 12.7. The molecule has 0 saturated carbocycles. The number of aliphatic hydroxyl groups excluding tert-OH is 1. The Morgan fingerprint density at radius 3 is 2.12 bits per heavy atom. The highest BCUT2D eigenvalue weighted by Gasteiger charge is 2.63. The number of rotatable bonds is 2. The molecule has 0 aliphatic carbocycles. The van der Waals surface area contributed by atoms with Gasteiger partial charge in [0.05, 0.1) is 4.34 Å². The van der Waals surface area contributed by atoms with Crippen LogP contribution >= 0.6 is 22.9 Å². The Morgan fingerprint density at radius 1 is 1.31 bits per heavy atom. The molecule has 0 amide bonds. The van der Waals surface area contributed by atoms with Crippen LogP contribution < -0.4 is 0 Å². The molecular formula is C8H6ClF5OS. The predicted molar refractivity (Wildman–Crippen MR) is 50.0 cm³/mol. The number of hydrogen-bond donors (Lipinski definition) is 1. The smallest absolute Gasteiger partial charge is 0.381 e. The Hall–Kier alpha value is -0.400. The van der Waals surface area contributed by atoms with Gasteiger partial charge in [0.15, 0.2) is 6.10 Å². The first-order valence-corrected chi connectivity index (χ1v) is 5.15. The minimum atomic E-state index is -5.79. The van der Waals surface area contributed by atoms with Crippen LogP contribution in [0.4, 0.5) is 22.0 Å². The Kier molecular flexibility index (Phi) is 3.52. The van der Waals surface area contributed by atoms with Gasteiger partial charge in [0, 0.05) is 4.88 Å². The van der Waals surface area contributed by atoms with E-state index in [2.05, 4.69) is 0 Å². The van der Waals surface area contributed by atoms with Crippen molar-refractivity contribution in [2.45, 2.75) is 25.1 Å². The van der Waals surface area contributed by atoms with Crippen LogP contribution in [0.2, 0.25) is 4.34 Å². The van der Waals surface area contributed by atoms with Gasteiger partial charge in [-0.05, 0) is 18.6 Å². The summed E-state index contributed by atoms with van der Waals surface area (Å²) in [6.45, 7) is 1.45. The number of aliphatic hydroxyl groups is 1. The lowest BCUT2D eigenvalue weighted by atomic mass is 10.1. The third-order valence-electron chi connectivity index (χ3n) is 1.87. The van der Waals surface area contributed by atoms with Gasteiger partial charge in [0.2, 0.25) is 0 Å². The largest absolute Gasteiger partial charge is 0.456 e. The summed E-state index contributed by atoms with van der Waals surface area (Å²) in [5.41, 5.74) is 0.346. The quantitative estimate of drug-likeness (QED) is 0.814. The fourth-order valence-corrected chi connectivity index (χ4v) is 2.20. The van der Waals surface area contributed by atoms with Crippen LogP contribution in [0, 0.1) is 6.92 Å². The minimum absolute atomic E-state index is 0.0759. The number of aryl methyl sites for hydroxylation is 1. The molecule has 1 rings (SSSR count). The summed E-state index contributed by atoms with van der Waals surface area (Å²) in [4.78, 5) is -0.509. The van der Waals surface area contributed by atoms with Crippen LogP contribution in [-0.2, 0) is 0 Å². The van der Waals surface area contributed by atoms with Crippen molar-refractivity contribution in [3.63, 3.8) is 0 Å². The first-order chi connectivity index (χ1) is 7.07. The van der Waals surface area contributed by atoms with Crippen molar-refractivity contribution in [3.05, 3.63) is 20.8 Å². The van der Waals surface area contributed by atoms with E-state index in [0.717, 1.165) is 6.07 Å². The molecule has 1 unspecified atom stereocenters. The summed E-state index contributed by atoms with van der Waals surface area (Å²) in [5, 5.41) is 9.00. The molecule has 0 fully saturated rings. The Morgan fingerprint density at radius 2 is 1.81 bits per heavy atom. The van der Waals surface area contributed by atoms with Crippen LogP contribution in [0.1, 0.15) is 16.5 Å². The molecule has 1 N–H and O–H groups in total. The molecule has 0 radical (unpaired) electrons. The number of hydrogen-bond acceptors (Lipinski definition) is 2. The summed E-state index contributed by atoms with van der Waals surface area (Å²) in [5.74, 6) is -5.19. The van der Waals surface area contributed by atoms with Crippen LogP contribution in [0.5, 0.6) is 0 Å². The molecule has 0 aromatic carbocycles. The highest BCUT2D eigenvalue weighted by molar-refractivity contribution is 7.16. The third-order valence-corrected chi connectivity index (χ3v) is 3.47. The summed E-state index contributed by atoms with van der Waals surface area (Å²) >= 11 is 6.02. The normalized spacial score (nSPS) is 15.2. The zero-order chi connectivity index (χ0) is 12.7. The Labute approximate surface area is 96.5 Å². The van der Waals surface area contributed by atoms with Crippen LogP contribution in [0.25, 0.3) is 0 Å². The molecule has 1 nitrogen and oxygen atoms in total. The van der Waals surface area contributed by atoms with Gasteiger partial charge in [-0.25, -0.2) is 0 Å². The molecule has 1 atom stereocenters. The third kappa shape index (κ3) is 2.31. The van der Waals surface area contributed by atoms with Gasteiger partial charge in [-0.15, -0.1) is 11.3 Å². The molecule has 8 heteroatoms. The zero-order valence-electron chi connectivity index (χ0n) is 7.78. The summed E-state index contributed by atoms with van der Waals surface area (Å²) in [7, 11) is 0. The lowest BCUT2D eigenvalue weighted by Crippen LogP contribution is -2.41. The molecule has 0 aliphatic rings. The number of alkyl halides is 5. The monoisotopic (exact) mass is 280 g/mol. The average Bonchev–Trinajstić information content (AvgIpc) is 2.43. The summed E-state index contributed by atoms with van der Waals surface area (Å²) < 4.78 is 61.4. The van der Waals surface area contributed by atoms with Crippen molar-refractivity contribution >= 4 is 22.9 Å². The van der Waals surface area contributed by atoms with Crippen molar-refractivity contribution in [1.29, 1.82) is 0 Å². The van der Waals surface area contributed by atoms with E-state index >= 15 is 0 Å². The Balaban J connectivity index is 3.07. The van der Waals surface area contributed by atoms with Gasteiger partial charge in [-0.3, -0.25) is 0 Å². The molecule has 16 heavy (non-hydrogen) atoms.